The van der Waals surface area contributed by atoms with Crippen molar-refractivity contribution >= 4 is 11.7 Å². The Hall–Kier alpha value is -1.62. The van der Waals surface area contributed by atoms with Gasteiger partial charge in [0.25, 0.3) is 5.91 Å². The number of hydrogen-bond donors (Lipinski definition) is 1. The summed E-state index contributed by atoms with van der Waals surface area (Å²) >= 11 is 0. The molecule has 2 heterocycles. The van der Waals surface area contributed by atoms with Crippen LogP contribution in [0.3, 0.4) is 0 Å². The van der Waals surface area contributed by atoms with Gasteiger partial charge in [-0.05, 0) is 38.4 Å². The summed E-state index contributed by atoms with van der Waals surface area (Å²) in [5.41, 5.74) is 0.683. The van der Waals surface area contributed by atoms with Crippen molar-refractivity contribution in [2.45, 2.75) is 33.2 Å². The van der Waals surface area contributed by atoms with Crippen molar-refractivity contribution in [3.63, 3.8) is 0 Å². The number of carbonyl (C=O) groups is 1. The van der Waals surface area contributed by atoms with E-state index in [1.54, 1.807) is 6.20 Å². The molecule has 5 nitrogen and oxygen atoms in total. The summed E-state index contributed by atoms with van der Waals surface area (Å²) < 4.78 is 0. The molecule has 0 spiro atoms. The molecular weight excluding hydrogens is 276 g/mol. The molecule has 1 fully saturated rings. The van der Waals surface area contributed by atoms with Crippen molar-refractivity contribution in [2.75, 3.05) is 38.5 Å². The number of pyridine rings is 1. The molecule has 1 amide bonds. The zero-order valence-electron chi connectivity index (χ0n) is 14.2. The highest BCUT2D eigenvalue weighted by Crippen LogP contribution is 2.18. The molecule has 0 radical (unpaired) electrons. The van der Waals surface area contributed by atoms with Gasteiger partial charge in [0.2, 0.25) is 0 Å². The van der Waals surface area contributed by atoms with Crippen molar-refractivity contribution in [2.24, 2.45) is 5.92 Å². The summed E-state index contributed by atoms with van der Waals surface area (Å²) in [6.45, 7) is 9.95. The Kier molecular flexibility index (Phi) is 5.77. The molecule has 22 heavy (non-hydrogen) atoms. The van der Waals surface area contributed by atoms with Gasteiger partial charge < -0.3 is 15.1 Å². The first kappa shape index (κ1) is 16.7. The Morgan fingerprint density at radius 2 is 2.23 bits per heavy atom. The third-order valence-electron chi connectivity index (χ3n) is 4.14. The minimum atomic E-state index is 0.0840. The smallest absolute Gasteiger partial charge is 0.257 e. The summed E-state index contributed by atoms with van der Waals surface area (Å²) in [4.78, 5) is 21.5. The van der Waals surface area contributed by atoms with E-state index in [1.165, 1.54) is 0 Å². The number of carbonyl (C=O) groups excluding carboxylic acids is 1. The van der Waals surface area contributed by atoms with Gasteiger partial charge in [-0.15, -0.1) is 0 Å². The lowest BCUT2D eigenvalue weighted by Crippen LogP contribution is -2.52. The van der Waals surface area contributed by atoms with Crippen molar-refractivity contribution in [1.82, 2.24) is 14.8 Å². The van der Waals surface area contributed by atoms with E-state index in [4.69, 9.17) is 0 Å². The number of nitrogens with zero attached hydrogens (tertiary/aromatic N) is 3. The van der Waals surface area contributed by atoms with Crippen LogP contribution in [0.25, 0.3) is 0 Å². The van der Waals surface area contributed by atoms with E-state index in [0.717, 1.165) is 32.6 Å². The number of likely N-dealkylation sites (N-methyl/N-ethyl adjacent to an activating group) is 1. The van der Waals surface area contributed by atoms with Gasteiger partial charge in [-0.3, -0.25) is 4.79 Å². The van der Waals surface area contributed by atoms with Gasteiger partial charge in [-0.1, -0.05) is 13.8 Å². The van der Waals surface area contributed by atoms with Gasteiger partial charge in [-0.2, -0.15) is 0 Å². The predicted octanol–water partition coefficient (Wildman–Crippen LogP) is 2.32. The van der Waals surface area contributed by atoms with Crippen LogP contribution in [0.1, 0.15) is 37.6 Å². The minimum absolute atomic E-state index is 0.0840. The van der Waals surface area contributed by atoms with Gasteiger partial charge in [0.05, 0.1) is 5.56 Å². The van der Waals surface area contributed by atoms with Crippen LogP contribution in [0.4, 0.5) is 5.82 Å². The first-order valence-electron chi connectivity index (χ1n) is 8.17. The lowest BCUT2D eigenvalue weighted by atomic mass is 10.1. The topological polar surface area (TPSA) is 48.5 Å². The largest absolute Gasteiger partial charge is 0.369 e. The molecule has 1 saturated heterocycles. The Bertz CT molecular complexity index is 503. The van der Waals surface area contributed by atoms with Crippen molar-refractivity contribution < 1.29 is 4.79 Å². The summed E-state index contributed by atoms with van der Waals surface area (Å²) in [5, 5.41) is 3.32. The zero-order chi connectivity index (χ0) is 16.1. The standard InChI is InChI=1S/C17H28N4O/c1-13(2)7-9-19-16-15(6-5-8-18-16)17(22)21-11-10-20(4)12-14(21)3/h5-6,8,13-14H,7,9-12H2,1-4H3,(H,18,19)/t14-/m0/s1. The van der Waals surface area contributed by atoms with E-state index in [-0.39, 0.29) is 11.9 Å². The maximum atomic E-state index is 12.9. The molecule has 1 aliphatic heterocycles. The van der Waals surface area contributed by atoms with Crippen LogP contribution in [0.15, 0.2) is 18.3 Å². The number of piperazine rings is 1. The molecule has 5 heteroatoms. The second kappa shape index (κ2) is 7.58. The van der Waals surface area contributed by atoms with Crippen LogP contribution in [0, 0.1) is 5.92 Å². The molecule has 1 N–H and O–H groups in total. The summed E-state index contributed by atoms with van der Waals surface area (Å²) in [6.07, 6.45) is 2.80. The van der Waals surface area contributed by atoms with E-state index >= 15 is 0 Å². The molecule has 1 atom stereocenters. The maximum absolute atomic E-state index is 12.9. The van der Waals surface area contributed by atoms with Gasteiger partial charge in [0.1, 0.15) is 5.82 Å². The molecular formula is C17H28N4O. The lowest BCUT2D eigenvalue weighted by molar-refractivity contribution is 0.0534. The predicted molar refractivity (Wildman–Crippen MR) is 90.2 cm³/mol. The van der Waals surface area contributed by atoms with Crippen LogP contribution >= 0.6 is 0 Å². The molecule has 0 saturated carbocycles. The summed E-state index contributed by atoms with van der Waals surface area (Å²) in [5.74, 6) is 1.42. The van der Waals surface area contributed by atoms with Gasteiger partial charge in [0.15, 0.2) is 0 Å². The number of rotatable bonds is 5. The van der Waals surface area contributed by atoms with E-state index in [1.807, 2.05) is 17.0 Å². The van der Waals surface area contributed by atoms with E-state index < -0.39 is 0 Å². The number of nitrogens with one attached hydrogen (secondary N) is 1. The Morgan fingerprint density at radius 1 is 1.45 bits per heavy atom. The average Bonchev–Trinajstić information content (AvgIpc) is 2.47. The maximum Gasteiger partial charge on any atom is 0.257 e. The molecule has 0 unspecified atom stereocenters. The van der Waals surface area contributed by atoms with Crippen LogP contribution in [0.2, 0.25) is 0 Å². The molecule has 1 aliphatic rings. The van der Waals surface area contributed by atoms with Crippen LogP contribution in [-0.4, -0.2) is 60.0 Å². The molecule has 0 aromatic carbocycles. The van der Waals surface area contributed by atoms with Gasteiger partial charge in [0, 0.05) is 38.4 Å². The SMILES string of the molecule is CC(C)CCNc1ncccc1C(=O)N1CCN(C)C[C@@H]1C. The van der Waals surface area contributed by atoms with Crippen molar-refractivity contribution in [3.05, 3.63) is 23.9 Å². The summed E-state index contributed by atoms with van der Waals surface area (Å²) in [7, 11) is 2.10. The molecule has 1 aromatic rings. The highest BCUT2D eigenvalue weighted by atomic mass is 16.2. The van der Waals surface area contributed by atoms with E-state index in [2.05, 4.69) is 43.0 Å². The minimum Gasteiger partial charge on any atom is -0.369 e. The second-order valence-corrected chi connectivity index (χ2v) is 6.62. The first-order valence-corrected chi connectivity index (χ1v) is 8.17. The first-order chi connectivity index (χ1) is 10.5. The van der Waals surface area contributed by atoms with Crippen LogP contribution < -0.4 is 5.32 Å². The molecule has 0 aliphatic carbocycles. The fourth-order valence-corrected chi connectivity index (χ4v) is 2.79. The monoisotopic (exact) mass is 304 g/mol. The third-order valence-corrected chi connectivity index (χ3v) is 4.14. The Balaban J connectivity index is 2.09. The lowest BCUT2D eigenvalue weighted by Gasteiger charge is -2.38. The average molecular weight is 304 g/mol. The Labute approximate surface area is 133 Å². The van der Waals surface area contributed by atoms with E-state index in [0.29, 0.717) is 17.3 Å². The van der Waals surface area contributed by atoms with Gasteiger partial charge >= 0.3 is 0 Å². The fourth-order valence-electron chi connectivity index (χ4n) is 2.79. The normalized spacial score (nSPS) is 19.5. The second-order valence-electron chi connectivity index (χ2n) is 6.62. The summed E-state index contributed by atoms with van der Waals surface area (Å²) in [6, 6.07) is 3.94. The highest BCUT2D eigenvalue weighted by Gasteiger charge is 2.28. The number of amides is 1. The van der Waals surface area contributed by atoms with Crippen molar-refractivity contribution in [1.29, 1.82) is 0 Å². The number of anilines is 1. The van der Waals surface area contributed by atoms with Gasteiger partial charge in [-0.25, -0.2) is 4.98 Å². The molecule has 1 aromatic heterocycles. The quantitative estimate of drug-likeness (QED) is 0.907. The number of aromatic nitrogens is 1. The molecule has 0 bridgehead atoms. The third kappa shape index (κ3) is 4.19. The highest BCUT2D eigenvalue weighted by molar-refractivity contribution is 5.99. The number of hydrogen-bond acceptors (Lipinski definition) is 4. The molecule has 2 rings (SSSR count). The van der Waals surface area contributed by atoms with E-state index in [9.17, 15) is 4.79 Å². The molecule has 122 valence electrons. The Morgan fingerprint density at radius 3 is 2.91 bits per heavy atom. The van der Waals surface area contributed by atoms with Crippen molar-refractivity contribution in [3.8, 4) is 0 Å². The zero-order valence-corrected chi connectivity index (χ0v) is 14.2. The fraction of sp³-hybridized carbons (Fsp3) is 0.647. The van der Waals surface area contributed by atoms with Crippen LogP contribution in [-0.2, 0) is 0 Å². The van der Waals surface area contributed by atoms with Crippen LogP contribution in [0.5, 0.6) is 0 Å².